The van der Waals surface area contributed by atoms with Gasteiger partial charge in [-0.25, -0.2) is 0 Å². The van der Waals surface area contributed by atoms with Gasteiger partial charge in [0.25, 0.3) is 5.91 Å². The van der Waals surface area contributed by atoms with Crippen molar-refractivity contribution in [3.05, 3.63) is 93.3 Å². The third-order valence-electron chi connectivity index (χ3n) is 5.82. The molecule has 0 bridgehead atoms. The quantitative estimate of drug-likeness (QED) is 0.128. The summed E-state index contributed by atoms with van der Waals surface area (Å²) in [5, 5.41) is 0.415. The van der Waals surface area contributed by atoms with Crippen LogP contribution in [0.15, 0.2) is 71.6 Å². The molecule has 0 saturated carbocycles. The van der Waals surface area contributed by atoms with E-state index in [1.54, 1.807) is 17.0 Å². The number of hydrogen-bond donors (Lipinski definition) is 0. The lowest BCUT2D eigenvalue weighted by Gasteiger charge is -2.15. The van der Waals surface area contributed by atoms with Crippen LogP contribution >= 0.6 is 35.6 Å². The Labute approximate surface area is 238 Å². The van der Waals surface area contributed by atoms with Crippen LogP contribution in [0.2, 0.25) is 5.02 Å². The Morgan fingerprint density at radius 3 is 2.39 bits per heavy atom. The number of thiocarbonyl (C=S) groups is 1. The van der Waals surface area contributed by atoms with Gasteiger partial charge in [0.1, 0.15) is 10.1 Å². The van der Waals surface area contributed by atoms with Gasteiger partial charge in [-0.1, -0.05) is 85.0 Å². The molecular weight excluding hydrogens is 538 g/mol. The third kappa shape index (κ3) is 7.31. The van der Waals surface area contributed by atoms with Crippen LogP contribution in [0, 0.1) is 0 Å². The van der Waals surface area contributed by atoms with Crippen molar-refractivity contribution in [2.75, 3.05) is 19.8 Å². The van der Waals surface area contributed by atoms with Gasteiger partial charge in [-0.2, -0.15) is 0 Å². The maximum atomic E-state index is 13.1. The van der Waals surface area contributed by atoms with Crippen molar-refractivity contribution in [1.82, 2.24) is 4.90 Å². The Hall–Kier alpha value is -3.00. The molecule has 0 aliphatic carbocycles. The van der Waals surface area contributed by atoms with E-state index in [-0.39, 0.29) is 5.91 Å². The Morgan fingerprint density at radius 1 is 0.947 bits per heavy atom. The number of nitrogens with zero attached hydrogens (tertiary/aromatic N) is 1. The van der Waals surface area contributed by atoms with Crippen LogP contribution in [0.1, 0.15) is 37.0 Å². The molecule has 1 fully saturated rings. The van der Waals surface area contributed by atoms with E-state index in [0.717, 1.165) is 23.3 Å². The summed E-state index contributed by atoms with van der Waals surface area (Å²) >= 11 is 13.4. The van der Waals surface area contributed by atoms with Crippen LogP contribution in [0.4, 0.5) is 0 Å². The second-order valence-corrected chi connectivity index (χ2v) is 10.6. The van der Waals surface area contributed by atoms with E-state index in [1.807, 2.05) is 55.5 Å². The molecule has 1 saturated heterocycles. The van der Waals surface area contributed by atoms with E-state index in [4.69, 9.17) is 38.0 Å². The van der Waals surface area contributed by atoms with Crippen LogP contribution in [0.25, 0.3) is 6.08 Å². The van der Waals surface area contributed by atoms with E-state index < -0.39 is 0 Å². The zero-order chi connectivity index (χ0) is 26.9. The van der Waals surface area contributed by atoms with E-state index in [0.29, 0.717) is 58.5 Å². The number of amides is 1. The first-order valence-electron chi connectivity index (χ1n) is 12.6. The van der Waals surface area contributed by atoms with E-state index in [2.05, 4.69) is 19.1 Å². The fourth-order valence-corrected chi connectivity index (χ4v) is 5.40. The van der Waals surface area contributed by atoms with Crippen molar-refractivity contribution in [2.24, 2.45) is 0 Å². The lowest BCUT2D eigenvalue weighted by atomic mass is 10.1. The highest BCUT2D eigenvalue weighted by Crippen LogP contribution is 2.39. The molecule has 1 aliphatic rings. The lowest BCUT2D eigenvalue weighted by Crippen LogP contribution is -2.27. The molecule has 8 heteroatoms. The number of carbonyl (C=O) groups is 1. The number of aryl methyl sites for hydroxylation is 1. The topological polar surface area (TPSA) is 48.0 Å². The van der Waals surface area contributed by atoms with Gasteiger partial charge in [-0.3, -0.25) is 9.69 Å². The van der Waals surface area contributed by atoms with Crippen LogP contribution in [0.3, 0.4) is 0 Å². The SMILES string of the molecule is CCOc1cc(C=C2SC(=S)N(Cc3ccccc3)C2=O)cc(Cl)c1OCCCOc1ccc(CC)cc1. The summed E-state index contributed by atoms with van der Waals surface area (Å²) in [7, 11) is 0. The maximum Gasteiger partial charge on any atom is 0.266 e. The molecule has 198 valence electrons. The van der Waals surface area contributed by atoms with Crippen molar-refractivity contribution >= 4 is 51.9 Å². The molecule has 0 N–H and O–H groups in total. The summed E-state index contributed by atoms with van der Waals surface area (Å²) in [6.07, 6.45) is 3.48. The summed E-state index contributed by atoms with van der Waals surface area (Å²) in [4.78, 5) is 15.2. The third-order valence-corrected chi connectivity index (χ3v) is 7.48. The predicted octanol–water partition coefficient (Wildman–Crippen LogP) is 7.55. The lowest BCUT2D eigenvalue weighted by molar-refractivity contribution is -0.122. The Balaban J connectivity index is 1.39. The van der Waals surface area contributed by atoms with Gasteiger partial charge < -0.3 is 14.2 Å². The average Bonchev–Trinajstić information content (AvgIpc) is 3.18. The minimum atomic E-state index is -0.123. The first-order chi connectivity index (χ1) is 18.5. The predicted molar refractivity (Wildman–Crippen MR) is 159 cm³/mol. The number of halogens is 1. The molecular formula is C30H30ClNO4S2. The summed E-state index contributed by atoms with van der Waals surface area (Å²) in [5.41, 5.74) is 3.04. The average molecular weight is 568 g/mol. The highest BCUT2D eigenvalue weighted by atomic mass is 35.5. The summed E-state index contributed by atoms with van der Waals surface area (Å²) in [6.45, 7) is 5.86. The Bertz CT molecular complexity index is 1300. The largest absolute Gasteiger partial charge is 0.493 e. The standard InChI is InChI=1S/C30H30ClNO4S2/c1-3-21-11-13-24(14-12-21)35-15-8-16-36-28-25(31)17-23(18-26(28)34-4-2)19-27-29(33)32(30(37)38-27)20-22-9-6-5-7-10-22/h5-7,9-14,17-19H,3-4,8,15-16,20H2,1-2H3. The first kappa shape index (κ1) is 28.0. The zero-order valence-electron chi connectivity index (χ0n) is 21.4. The zero-order valence-corrected chi connectivity index (χ0v) is 23.8. The number of benzene rings is 3. The first-order valence-corrected chi connectivity index (χ1v) is 14.2. The molecule has 3 aromatic rings. The number of rotatable bonds is 12. The molecule has 0 atom stereocenters. The number of carbonyl (C=O) groups excluding carboxylic acids is 1. The minimum Gasteiger partial charge on any atom is -0.493 e. The highest BCUT2D eigenvalue weighted by Gasteiger charge is 2.32. The molecule has 1 aliphatic heterocycles. The van der Waals surface area contributed by atoms with Gasteiger partial charge in [-0.15, -0.1) is 0 Å². The van der Waals surface area contributed by atoms with Crippen molar-refractivity contribution in [2.45, 2.75) is 33.2 Å². The van der Waals surface area contributed by atoms with Gasteiger partial charge in [0.2, 0.25) is 0 Å². The molecule has 1 heterocycles. The Morgan fingerprint density at radius 2 is 1.68 bits per heavy atom. The molecule has 38 heavy (non-hydrogen) atoms. The second kappa shape index (κ2) is 13.7. The van der Waals surface area contributed by atoms with E-state index in [9.17, 15) is 4.79 Å². The second-order valence-electron chi connectivity index (χ2n) is 8.56. The minimum absolute atomic E-state index is 0.123. The van der Waals surface area contributed by atoms with Crippen molar-refractivity contribution in [3.63, 3.8) is 0 Å². The molecule has 4 rings (SSSR count). The summed E-state index contributed by atoms with van der Waals surface area (Å²) < 4.78 is 18.1. The summed E-state index contributed by atoms with van der Waals surface area (Å²) in [6, 6.07) is 21.5. The molecule has 3 aromatic carbocycles. The van der Waals surface area contributed by atoms with E-state index >= 15 is 0 Å². The fourth-order valence-electron chi connectivity index (χ4n) is 3.87. The molecule has 0 spiro atoms. The van der Waals surface area contributed by atoms with Crippen molar-refractivity contribution in [1.29, 1.82) is 0 Å². The van der Waals surface area contributed by atoms with Crippen LogP contribution in [0.5, 0.6) is 17.2 Å². The van der Waals surface area contributed by atoms with Gasteiger partial charge in [0, 0.05) is 6.42 Å². The summed E-state index contributed by atoms with van der Waals surface area (Å²) in [5.74, 6) is 1.73. The van der Waals surface area contributed by atoms with Crippen LogP contribution in [-0.2, 0) is 17.8 Å². The number of ether oxygens (including phenoxy) is 3. The van der Waals surface area contributed by atoms with Gasteiger partial charge >= 0.3 is 0 Å². The van der Waals surface area contributed by atoms with Gasteiger partial charge in [0.05, 0.1) is 36.3 Å². The van der Waals surface area contributed by atoms with Crippen LogP contribution in [-0.4, -0.2) is 34.9 Å². The van der Waals surface area contributed by atoms with Crippen LogP contribution < -0.4 is 14.2 Å². The number of hydrogen-bond acceptors (Lipinski definition) is 6. The number of thioether (sulfide) groups is 1. The van der Waals surface area contributed by atoms with Gasteiger partial charge in [0.15, 0.2) is 11.5 Å². The fraction of sp³-hybridized carbons (Fsp3) is 0.267. The van der Waals surface area contributed by atoms with E-state index in [1.165, 1.54) is 17.3 Å². The molecule has 0 aromatic heterocycles. The molecule has 5 nitrogen and oxygen atoms in total. The highest BCUT2D eigenvalue weighted by molar-refractivity contribution is 8.26. The molecule has 0 unspecified atom stereocenters. The maximum absolute atomic E-state index is 13.1. The smallest absolute Gasteiger partial charge is 0.266 e. The Kier molecular flexibility index (Phi) is 10.1. The normalized spacial score (nSPS) is 14.3. The van der Waals surface area contributed by atoms with Crippen molar-refractivity contribution < 1.29 is 19.0 Å². The monoisotopic (exact) mass is 567 g/mol. The van der Waals surface area contributed by atoms with Gasteiger partial charge in [-0.05, 0) is 60.4 Å². The van der Waals surface area contributed by atoms with Crippen molar-refractivity contribution in [3.8, 4) is 17.2 Å². The molecule has 1 amide bonds. The molecule has 0 radical (unpaired) electrons.